The van der Waals surface area contributed by atoms with Crippen LogP contribution in [0.4, 0.5) is 0 Å². The largest absolute Gasteiger partial charge is 0.213 e. The maximum absolute atomic E-state index is 10.8. The Morgan fingerprint density at radius 2 is 2.21 bits per heavy atom. The van der Waals surface area contributed by atoms with Crippen molar-refractivity contribution >= 4 is 10.0 Å². The lowest BCUT2D eigenvalue weighted by Crippen LogP contribution is -2.21. The first-order valence-electron chi connectivity index (χ1n) is 3.95. The number of nitrogens with zero attached hydrogens (tertiary/aromatic N) is 1. The molecule has 0 radical (unpaired) electrons. The van der Waals surface area contributed by atoms with Gasteiger partial charge in [0, 0.05) is 6.54 Å². The van der Waals surface area contributed by atoms with Gasteiger partial charge in [0.2, 0.25) is 10.0 Å². The van der Waals surface area contributed by atoms with Crippen molar-refractivity contribution < 1.29 is 8.42 Å². The summed E-state index contributed by atoms with van der Waals surface area (Å²) in [7, 11) is -3.17. The maximum atomic E-state index is 10.8. The molecule has 1 aromatic carbocycles. The summed E-state index contributed by atoms with van der Waals surface area (Å²) in [6, 6.07) is 8.79. The normalized spacial score (nSPS) is 10.9. The molecule has 0 aliphatic heterocycles. The van der Waals surface area contributed by atoms with Crippen LogP contribution in [0.25, 0.3) is 0 Å². The molecule has 0 aromatic heterocycles. The molecule has 0 spiro atoms. The lowest BCUT2D eigenvalue weighted by molar-refractivity contribution is 0.587. The van der Waals surface area contributed by atoms with Crippen molar-refractivity contribution in [2.24, 2.45) is 0 Å². The highest BCUT2D eigenvalue weighted by Crippen LogP contribution is 2.03. The topological polar surface area (TPSA) is 70.0 Å². The van der Waals surface area contributed by atoms with Crippen LogP contribution in [-0.4, -0.2) is 14.7 Å². The average Bonchev–Trinajstić information content (AvgIpc) is 2.14. The Balaban J connectivity index is 2.74. The molecule has 0 saturated heterocycles. The molecule has 0 amide bonds. The van der Waals surface area contributed by atoms with Crippen LogP contribution in [0.1, 0.15) is 11.1 Å². The highest BCUT2D eigenvalue weighted by Gasteiger charge is 2.00. The van der Waals surface area contributed by atoms with Crippen LogP contribution in [0.2, 0.25) is 0 Å². The Bertz CT molecular complexity index is 460. The van der Waals surface area contributed by atoms with E-state index in [9.17, 15) is 8.42 Å². The van der Waals surface area contributed by atoms with Crippen molar-refractivity contribution in [1.82, 2.24) is 4.72 Å². The van der Waals surface area contributed by atoms with E-state index in [-0.39, 0.29) is 6.54 Å². The van der Waals surface area contributed by atoms with Crippen molar-refractivity contribution in [1.29, 1.82) is 5.26 Å². The van der Waals surface area contributed by atoms with E-state index in [1.165, 1.54) is 0 Å². The molecule has 0 aliphatic rings. The standard InChI is InChI=1S/C9H10N2O2S/c1-14(12,13)11-7-9-4-2-3-8(5-9)6-10/h2-5,11H,7H2,1H3. The summed E-state index contributed by atoms with van der Waals surface area (Å²) in [6.45, 7) is 0.217. The highest BCUT2D eigenvalue weighted by molar-refractivity contribution is 7.88. The smallest absolute Gasteiger partial charge is 0.209 e. The lowest BCUT2D eigenvalue weighted by atomic mass is 10.1. The van der Waals surface area contributed by atoms with Gasteiger partial charge in [-0.2, -0.15) is 5.26 Å². The summed E-state index contributed by atoms with van der Waals surface area (Å²) in [5, 5.41) is 8.60. The molecule has 1 aromatic rings. The first kappa shape index (κ1) is 10.7. The molecule has 0 heterocycles. The molecular formula is C9H10N2O2S. The second-order valence-corrected chi connectivity index (χ2v) is 4.74. The van der Waals surface area contributed by atoms with Gasteiger partial charge < -0.3 is 0 Å². The zero-order valence-corrected chi connectivity index (χ0v) is 8.50. The molecule has 74 valence electrons. The maximum Gasteiger partial charge on any atom is 0.209 e. The molecule has 0 fully saturated rings. The van der Waals surface area contributed by atoms with Gasteiger partial charge in [0.05, 0.1) is 17.9 Å². The second-order valence-electron chi connectivity index (χ2n) is 2.91. The first-order valence-corrected chi connectivity index (χ1v) is 5.84. The Morgan fingerprint density at radius 1 is 1.50 bits per heavy atom. The molecule has 0 saturated carbocycles. The number of nitrogens with one attached hydrogen (secondary N) is 1. The summed E-state index contributed by atoms with van der Waals surface area (Å²) in [4.78, 5) is 0. The fraction of sp³-hybridized carbons (Fsp3) is 0.222. The van der Waals surface area contributed by atoms with Crippen molar-refractivity contribution in [3.63, 3.8) is 0 Å². The third kappa shape index (κ3) is 3.56. The molecule has 0 unspecified atom stereocenters. The van der Waals surface area contributed by atoms with Gasteiger partial charge in [0.1, 0.15) is 0 Å². The monoisotopic (exact) mass is 210 g/mol. The first-order chi connectivity index (χ1) is 6.51. The van der Waals surface area contributed by atoms with Crippen LogP contribution >= 0.6 is 0 Å². The van der Waals surface area contributed by atoms with Gasteiger partial charge >= 0.3 is 0 Å². The molecule has 0 bridgehead atoms. The van der Waals surface area contributed by atoms with Gasteiger partial charge in [0.25, 0.3) is 0 Å². The number of sulfonamides is 1. The number of hydrogen-bond donors (Lipinski definition) is 1. The van der Waals surface area contributed by atoms with E-state index in [2.05, 4.69) is 4.72 Å². The minimum Gasteiger partial charge on any atom is -0.213 e. The van der Waals surface area contributed by atoms with E-state index in [1.54, 1.807) is 24.3 Å². The Morgan fingerprint density at radius 3 is 2.79 bits per heavy atom. The molecular weight excluding hydrogens is 200 g/mol. The van der Waals surface area contributed by atoms with E-state index < -0.39 is 10.0 Å². The van der Waals surface area contributed by atoms with Gasteiger partial charge in [0.15, 0.2) is 0 Å². The Hall–Kier alpha value is -1.38. The van der Waals surface area contributed by atoms with Crippen molar-refractivity contribution in [3.8, 4) is 6.07 Å². The van der Waals surface area contributed by atoms with Crippen LogP contribution in [0.15, 0.2) is 24.3 Å². The zero-order valence-electron chi connectivity index (χ0n) is 7.69. The fourth-order valence-electron chi connectivity index (χ4n) is 0.965. The van der Waals surface area contributed by atoms with Gasteiger partial charge in [-0.05, 0) is 17.7 Å². The van der Waals surface area contributed by atoms with Crippen LogP contribution in [-0.2, 0) is 16.6 Å². The summed E-state index contributed by atoms with van der Waals surface area (Å²) in [6.07, 6.45) is 1.10. The third-order valence-electron chi connectivity index (χ3n) is 1.59. The van der Waals surface area contributed by atoms with Crippen LogP contribution in [0.5, 0.6) is 0 Å². The van der Waals surface area contributed by atoms with Gasteiger partial charge in [-0.25, -0.2) is 13.1 Å². The van der Waals surface area contributed by atoms with Gasteiger partial charge in [-0.15, -0.1) is 0 Å². The third-order valence-corrected chi connectivity index (χ3v) is 2.26. The van der Waals surface area contributed by atoms with Crippen molar-refractivity contribution in [2.45, 2.75) is 6.54 Å². The predicted molar refractivity (Wildman–Crippen MR) is 52.8 cm³/mol. The highest BCUT2D eigenvalue weighted by atomic mass is 32.2. The molecule has 0 aliphatic carbocycles. The van der Waals surface area contributed by atoms with Crippen molar-refractivity contribution in [3.05, 3.63) is 35.4 Å². The SMILES string of the molecule is CS(=O)(=O)NCc1cccc(C#N)c1. The second kappa shape index (κ2) is 4.22. The molecule has 14 heavy (non-hydrogen) atoms. The number of benzene rings is 1. The van der Waals surface area contributed by atoms with E-state index in [0.29, 0.717) is 5.56 Å². The zero-order chi connectivity index (χ0) is 10.6. The minimum atomic E-state index is -3.17. The Labute approximate surface area is 83.2 Å². The Kier molecular flexibility index (Phi) is 3.23. The van der Waals surface area contributed by atoms with Crippen molar-refractivity contribution in [2.75, 3.05) is 6.26 Å². The average molecular weight is 210 g/mol. The minimum absolute atomic E-state index is 0.217. The summed E-state index contributed by atoms with van der Waals surface area (Å²) < 4.78 is 23.9. The summed E-state index contributed by atoms with van der Waals surface area (Å²) in [5.41, 5.74) is 1.30. The number of rotatable bonds is 3. The molecule has 1 N–H and O–H groups in total. The predicted octanol–water partition coefficient (Wildman–Crippen LogP) is 0.607. The van der Waals surface area contributed by atoms with Gasteiger partial charge in [-0.3, -0.25) is 0 Å². The quantitative estimate of drug-likeness (QED) is 0.794. The summed E-state index contributed by atoms with van der Waals surface area (Å²) >= 11 is 0. The molecule has 4 nitrogen and oxygen atoms in total. The molecule has 1 rings (SSSR count). The van der Waals surface area contributed by atoms with E-state index in [1.807, 2.05) is 6.07 Å². The summed E-state index contributed by atoms with van der Waals surface area (Å²) in [5.74, 6) is 0. The van der Waals surface area contributed by atoms with Gasteiger partial charge in [-0.1, -0.05) is 12.1 Å². The molecule has 0 atom stereocenters. The fourth-order valence-corrected chi connectivity index (χ4v) is 1.39. The number of nitriles is 1. The van der Waals surface area contributed by atoms with Crippen LogP contribution in [0, 0.1) is 11.3 Å². The van der Waals surface area contributed by atoms with Crippen LogP contribution in [0.3, 0.4) is 0 Å². The lowest BCUT2D eigenvalue weighted by Gasteiger charge is -2.02. The van der Waals surface area contributed by atoms with E-state index >= 15 is 0 Å². The van der Waals surface area contributed by atoms with E-state index in [0.717, 1.165) is 11.8 Å². The van der Waals surface area contributed by atoms with E-state index in [4.69, 9.17) is 5.26 Å². The molecule has 5 heteroatoms. The number of hydrogen-bond acceptors (Lipinski definition) is 3. The van der Waals surface area contributed by atoms with Crippen LogP contribution < -0.4 is 4.72 Å².